The van der Waals surface area contributed by atoms with Crippen LogP contribution in [0.2, 0.25) is 0 Å². The van der Waals surface area contributed by atoms with Gasteiger partial charge >= 0.3 is 0 Å². The smallest absolute Gasteiger partial charge is 0.219 e. The summed E-state index contributed by atoms with van der Waals surface area (Å²) < 4.78 is 0. The molecular weight excluding hydrogens is 324 g/mol. The molecule has 2 N–H and O–H groups in total. The molecule has 0 saturated carbocycles. The number of ketones is 1. The van der Waals surface area contributed by atoms with Gasteiger partial charge in [-0.1, -0.05) is 40.5 Å². The molecule has 4 heteroatoms. The van der Waals surface area contributed by atoms with E-state index in [0.717, 1.165) is 51.6 Å². The molecule has 0 aromatic heterocycles. The highest BCUT2D eigenvalue weighted by Gasteiger charge is 2.24. The quantitative estimate of drug-likeness (QED) is 0.377. The fraction of sp³-hybridized carbons (Fsp3) is 0.909. The number of carbonyl (C=O) groups excluding carboxylic acids is 2. The zero-order chi connectivity index (χ0) is 20.1. The van der Waals surface area contributed by atoms with E-state index in [-0.39, 0.29) is 16.9 Å². The molecule has 0 radical (unpaired) electrons. The minimum Gasteiger partial charge on any atom is -0.356 e. The molecule has 0 aromatic rings. The van der Waals surface area contributed by atoms with Gasteiger partial charge in [0, 0.05) is 30.3 Å². The third-order valence-electron chi connectivity index (χ3n) is 5.61. The third kappa shape index (κ3) is 12.5. The molecule has 0 fully saturated rings. The number of rotatable bonds is 16. The second-order valence-corrected chi connectivity index (χ2v) is 8.80. The first-order valence-electron chi connectivity index (χ1n) is 10.7. The van der Waals surface area contributed by atoms with Crippen LogP contribution in [-0.2, 0) is 9.59 Å². The zero-order valence-electron chi connectivity index (χ0n) is 18.3. The molecule has 26 heavy (non-hydrogen) atoms. The highest BCUT2D eigenvalue weighted by atomic mass is 16.1. The van der Waals surface area contributed by atoms with Gasteiger partial charge in [-0.2, -0.15) is 0 Å². The van der Waals surface area contributed by atoms with Crippen molar-refractivity contribution in [3.63, 3.8) is 0 Å². The molecule has 4 nitrogen and oxygen atoms in total. The first-order valence-corrected chi connectivity index (χ1v) is 10.7. The van der Waals surface area contributed by atoms with Crippen molar-refractivity contribution in [2.45, 2.75) is 111 Å². The number of unbranched alkanes of at least 4 members (excludes halogenated alkanes) is 4. The molecule has 0 spiro atoms. The topological polar surface area (TPSA) is 58.2 Å². The van der Waals surface area contributed by atoms with Crippen LogP contribution in [0, 0.1) is 5.41 Å². The molecule has 0 saturated heterocycles. The molecule has 0 aliphatic heterocycles. The van der Waals surface area contributed by atoms with Gasteiger partial charge in [-0.3, -0.25) is 9.59 Å². The highest BCUT2D eigenvalue weighted by molar-refractivity contribution is 5.84. The second-order valence-electron chi connectivity index (χ2n) is 8.80. The van der Waals surface area contributed by atoms with Gasteiger partial charge in [0.25, 0.3) is 0 Å². The molecule has 0 aliphatic rings. The van der Waals surface area contributed by atoms with E-state index in [0.29, 0.717) is 18.6 Å². The Balaban J connectivity index is 3.52. The monoisotopic (exact) mass is 368 g/mol. The third-order valence-corrected chi connectivity index (χ3v) is 5.61. The van der Waals surface area contributed by atoms with Crippen molar-refractivity contribution in [1.29, 1.82) is 0 Å². The van der Waals surface area contributed by atoms with Gasteiger partial charge in [0.15, 0.2) is 0 Å². The number of amides is 1. The van der Waals surface area contributed by atoms with Gasteiger partial charge in [-0.25, -0.2) is 0 Å². The molecule has 154 valence electrons. The predicted molar refractivity (Wildman–Crippen MR) is 111 cm³/mol. The Morgan fingerprint density at radius 3 is 1.88 bits per heavy atom. The van der Waals surface area contributed by atoms with Crippen molar-refractivity contribution in [3.8, 4) is 0 Å². The van der Waals surface area contributed by atoms with Crippen LogP contribution < -0.4 is 10.6 Å². The SMILES string of the molecule is CCC(C)(C)NCCCCCCNC(=O)CCCCC(=O)C(C)(C)CC. The number of nitrogens with one attached hydrogen (secondary N) is 2. The summed E-state index contributed by atoms with van der Waals surface area (Å²) in [4.78, 5) is 23.8. The van der Waals surface area contributed by atoms with Crippen LogP contribution in [0.1, 0.15) is 106 Å². The highest BCUT2D eigenvalue weighted by Crippen LogP contribution is 2.23. The van der Waals surface area contributed by atoms with Gasteiger partial charge < -0.3 is 10.6 Å². The maximum Gasteiger partial charge on any atom is 0.219 e. The summed E-state index contributed by atoms with van der Waals surface area (Å²) in [6.07, 6.45) is 9.38. The molecule has 0 unspecified atom stereocenters. The first kappa shape index (κ1) is 25.1. The molecule has 0 heterocycles. The largest absolute Gasteiger partial charge is 0.356 e. The van der Waals surface area contributed by atoms with E-state index in [1.165, 1.54) is 12.8 Å². The molecule has 0 bridgehead atoms. The molecule has 0 aromatic carbocycles. The maximum atomic E-state index is 12.0. The van der Waals surface area contributed by atoms with E-state index in [1.807, 2.05) is 20.8 Å². The van der Waals surface area contributed by atoms with Crippen molar-refractivity contribution in [3.05, 3.63) is 0 Å². The lowest BCUT2D eigenvalue weighted by atomic mass is 9.83. The van der Waals surface area contributed by atoms with Crippen LogP contribution in [0.4, 0.5) is 0 Å². The Kier molecular flexibility index (Phi) is 12.8. The summed E-state index contributed by atoms with van der Waals surface area (Å²) in [6.45, 7) is 14.6. The minimum atomic E-state index is -0.218. The summed E-state index contributed by atoms with van der Waals surface area (Å²) in [6, 6.07) is 0. The van der Waals surface area contributed by atoms with Crippen molar-refractivity contribution in [1.82, 2.24) is 10.6 Å². The Morgan fingerprint density at radius 2 is 1.31 bits per heavy atom. The molecule has 1 amide bonds. The summed E-state index contributed by atoms with van der Waals surface area (Å²) in [5.74, 6) is 0.441. The number of hydrogen-bond donors (Lipinski definition) is 2. The minimum absolute atomic E-state index is 0.124. The first-order chi connectivity index (χ1) is 12.1. The Hall–Kier alpha value is -0.900. The van der Waals surface area contributed by atoms with E-state index in [2.05, 4.69) is 31.4 Å². The van der Waals surface area contributed by atoms with Gasteiger partial charge in [0.05, 0.1) is 0 Å². The van der Waals surface area contributed by atoms with Crippen molar-refractivity contribution in [2.24, 2.45) is 5.41 Å². The van der Waals surface area contributed by atoms with E-state index in [9.17, 15) is 9.59 Å². The molecule has 0 rings (SSSR count). The lowest BCUT2D eigenvalue weighted by Gasteiger charge is -2.24. The lowest BCUT2D eigenvalue weighted by Crippen LogP contribution is -2.38. The van der Waals surface area contributed by atoms with E-state index < -0.39 is 0 Å². The predicted octanol–water partition coefficient (Wildman–Crippen LogP) is 5.01. The number of carbonyl (C=O) groups is 2. The van der Waals surface area contributed by atoms with Crippen molar-refractivity contribution < 1.29 is 9.59 Å². The zero-order valence-corrected chi connectivity index (χ0v) is 18.3. The molecular formula is C22H44N2O2. The van der Waals surface area contributed by atoms with Crippen LogP contribution in [0.25, 0.3) is 0 Å². The van der Waals surface area contributed by atoms with Gasteiger partial charge in [0.2, 0.25) is 5.91 Å². The average molecular weight is 369 g/mol. The molecule has 0 aliphatic carbocycles. The van der Waals surface area contributed by atoms with Crippen molar-refractivity contribution >= 4 is 11.7 Å². The van der Waals surface area contributed by atoms with E-state index in [4.69, 9.17) is 0 Å². The second kappa shape index (κ2) is 13.3. The molecule has 0 atom stereocenters. The van der Waals surface area contributed by atoms with Gasteiger partial charge in [0.1, 0.15) is 5.78 Å². The fourth-order valence-electron chi connectivity index (χ4n) is 2.58. The summed E-state index contributed by atoms with van der Waals surface area (Å²) >= 11 is 0. The van der Waals surface area contributed by atoms with Gasteiger partial charge in [-0.05, 0) is 58.9 Å². The number of Topliss-reactive ketones (excluding diaryl/α,β-unsaturated/α-hetero) is 1. The summed E-state index contributed by atoms with van der Waals surface area (Å²) in [5, 5.41) is 6.57. The standard InChI is InChI=1S/C22H44N2O2/c1-7-21(3,4)19(25)15-11-12-16-20(26)23-17-13-9-10-14-18-24-22(5,6)8-2/h24H,7-18H2,1-6H3,(H,23,26). The van der Waals surface area contributed by atoms with Crippen LogP contribution in [0.5, 0.6) is 0 Å². The summed E-state index contributed by atoms with van der Waals surface area (Å²) in [5.41, 5.74) is 0.0228. The number of hydrogen-bond acceptors (Lipinski definition) is 3. The summed E-state index contributed by atoms with van der Waals surface area (Å²) in [7, 11) is 0. The lowest BCUT2D eigenvalue weighted by molar-refractivity contribution is -0.127. The van der Waals surface area contributed by atoms with E-state index in [1.54, 1.807) is 0 Å². The average Bonchev–Trinajstić information content (AvgIpc) is 2.60. The maximum absolute atomic E-state index is 12.0. The van der Waals surface area contributed by atoms with Crippen LogP contribution >= 0.6 is 0 Å². The van der Waals surface area contributed by atoms with Crippen LogP contribution in [-0.4, -0.2) is 30.3 Å². The normalized spacial score (nSPS) is 12.2. The Labute approximate surface area is 162 Å². The van der Waals surface area contributed by atoms with Crippen LogP contribution in [0.15, 0.2) is 0 Å². The van der Waals surface area contributed by atoms with E-state index >= 15 is 0 Å². The fourth-order valence-corrected chi connectivity index (χ4v) is 2.58. The van der Waals surface area contributed by atoms with Gasteiger partial charge in [-0.15, -0.1) is 0 Å². The van der Waals surface area contributed by atoms with Crippen molar-refractivity contribution in [2.75, 3.05) is 13.1 Å². The Morgan fingerprint density at radius 1 is 0.731 bits per heavy atom. The Bertz CT molecular complexity index is 403. The van der Waals surface area contributed by atoms with Crippen LogP contribution in [0.3, 0.4) is 0 Å².